The van der Waals surface area contributed by atoms with E-state index >= 15 is 0 Å². The first-order valence-electron chi connectivity index (χ1n) is 10.4. The van der Waals surface area contributed by atoms with Crippen molar-refractivity contribution >= 4 is 0 Å². The molecule has 0 N–H and O–H groups in total. The molecule has 0 unspecified atom stereocenters. The molecule has 0 aliphatic carbocycles. The molecule has 8 heteroatoms. The van der Waals surface area contributed by atoms with Crippen LogP contribution in [0.5, 0.6) is 5.75 Å². The van der Waals surface area contributed by atoms with Crippen LogP contribution in [0.3, 0.4) is 0 Å². The first kappa shape index (κ1) is 21.1. The lowest BCUT2D eigenvalue weighted by atomic mass is 10.0. The van der Waals surface area contributed by atoms with Crippen molar-refractivity contribution in [3.05, 3.63) is 84.0 Å². The molecule has 2 heterocycles. The Morgan fingerprint density at radius 1 is 1.06 bits per heavy atom. The van der Waals surface area contributed by atoms with E-state index in [1.807, 2.05) is 47.2 Å². The molecular weight excluding hydrogens is 395 g/mol. The van der Waals surface area contributed by atoms with E-state index in [-0.39, 0.29) is 11.9 Å². The van der Waals surface area contributed by atoms with Gasteiger partial charge in [-0.25, -0.2) is 9.07 Å². The first-order valence-corrected chi connectivity index (χ1v) is 10.4. The van der Waals surface area contributed by atoms with Crippen molar-refractivity contribution < 1.29 is 9.13 Å². The van der Waals surface area contributed by atoms with Crippen LogP contribution in [0, 0.1) is 5.82 Å². The molecule has 1 fully saturated rings. The van der Waals surface area contributed by atoms with Gasteiger partial charge < -0.3 is 4.74 Å². The predicted octanol–water partition coefficient (Wildman–Crippen LogP) is 2.76. The number of halogens is 1. The topological polar surface area (TPSA) is 59.3 Å². The van der Waals surface area contributed by atoms with Gasteiger partial charge in [0, 0.05) is 32.7 Å². The second-order valence-corrected chi connectivity index (χ2v) is 7.62. The highest BCUT2D eigenvalue weighted by Gasteiger charge is 2.30. The van der Waals surface area contributed by atoms with Gasteiger partial charge in [0.25, 0.3) is 0 Å². The van der Waals surface area contributed by atoms with Crippen molar-refractivity contribution in [2.24, 2.45) is 0 Å². The van der Waals surface area contributed by atoms with Crippen molar-refractivity contribution in [3.8, 4) is 5.75 Å². The van der Waals surface area contributed by atoms with Crippen molar-refractivity contribution in [2.75, 3.05) is 39.8 Å². The average Bonchev–Trinajstić information content (AvgIpc) is 3.25. The molecule has 0 spiro atoms. The van der Waals surface area contributed by atoms with Gasteiger partial charge in [-0.1, -0.05) is 30.3 Å². The van der Waals surface area contributed by atoms with Crippen molar-refractivity contribution in [3.63, 3.8) is 0 Å². The zero-order valence-electron chi connectivity index (χ0n) is 17.7. The Hall–Kier alpha value is -3.10. The Morgan fingerprint density at radius 2 is 1.77 bits per heavy atom. The summed E-state index contributed by atoms with van der Waals surface area (Å²) in [4.78, 5) is 4.73. The Morgan fingerprint density at radius 3 is 2.42 bits per heavy atom. The number of benzene rings is 2. The van der Waals surface area contributed by atoms with Gasteiger partial charge in [-0.3, -0.25) is 9.80 Å². The van der Waals surface area contributed by atoms with Crippen LogP contribution in [0.25, 0.3) is 0 Å². The molecule has 1 aromatic heterocycles. The molecule has 1 saturated heterocycles. The molecule has 1 aliphatic rings. The van der Waals surface area contributed by atoms with Gasteiger partial charge >= 0.3 is 0 Å². The minimum Gasteiger partial charge on any atom is -0.497 e. The number of aromatic nitrogens is 4. The Balaban J connectivity index is 1.62. The minimum absolute atomic E-state index is 0.153. The van der Waals surface area contributed by atoms with Crippen LogP contribution in [-0.4, -0.2) is 69.8 Å². The van der Waals surface area contributed by atoms with E-state index in [4.69, 9.17) is 4.74 Å². The predicted molar refractivity (Wildman–Crippen MR) is 116 cm³/mol. The van der Waals surface area contributed by atoms with Gasteiger partial charge in [0.1, 0.15) is 11.6 Å². The zero-order chi connectivity index (χ0) is 21.6. The quantitative estimate of drug-likeness (QED) is 0.521. The molecule has 0 amide bonds. The van der Waals surface area contributed by atoms with E-state index in [1.165, 1.54) is 12.1 Å². The summed E-state index contributed by atoms with van der Waals surface area (Å²) < 4.78 is 20.7. The fraction of sp³-hybridized carbons (Fsp3) is 0.348. The maximum atomic E-state index is 13.6. The SMILES string of the molecule is C=CCN1CCN([C@@H](c2ccc(F)cc2)c2nnnn2Cc2ccc(OC)cc2)CC1. The molecule has 1 aliphatic heterocycles. The Kier molecular flexibility index (Phi) is 6.69. The Labute approximate surface area is 181 Å². The largest absolute Gasteiger partial charge is 0.497 e. The minimum atomic E-state index is -0.254. The van der Waals surface area contributed by atoms with Crippen LogP contribution in [0.2, 0.25) is 0 Å². The molecule has 0 radical (unpaired) electrons. The van der Waals surface area contributed by atoms with E-state index in [2.05, 4.69) is 31.9 Å². The summed E-state index contributed by atoms with van der Waals surface area (Å²) in [5.74, 6) is 1.30. The molecule has 2 aromatic carbocycles. The van der Waals surface area contributed by atoms with Gasteiger partial charge in [0.05, 0.1) is 19.7 Å². The summed E-state index contributed by atoms with van der Waals surface area (Å²) in [7, 11) is 1.65. The summed E-state index contributed by atoms with van der Waals surface area (Å²) >= 11 is 0. The van der Waals surface area contributed by atoms with Gasteiger partial charge in [0.15, 0.2) is 5.82 Å². The maximum absolute atomic E-state index is 13.6. The fourth-order valence-corrected chi connectivity index (χ4v) is 3.98. The van der Waals surface area contributed by atoms with Gasteiger partial charge in [0.2, 0.25) is 0 Å². The maximum Gasteiger partial charge on any atom is 0.173 e. The number of hydrogen-bond acceptors (Lipinski definition) is 6. The molecule has 3 aromatic rings. The van der Waals surface area contributed by atoms with Crippen LogP contribution < -0.4 is 4.74 Å². The van der Waals surface area contributed by atoms with Crippen molar-refractivity contribution in [2.45, 2.75) is 12.6 Å². The monoisotopic (exact) mass is 422 g/mol. The molecular formula is C23H27FN6O. The second-order valence-electron chi connectivity index (χ2n) is 7.62. The normalized spacial score (nSPS) is 16.2. The Bertz CT molecular complexity index is 980. The lowest BCUT2D eigenvalue weighted by molar-refractivity contribution is 0.112. The van der Waals surface area contributed by atoms with E-state index in [0.29, 0.717) is 6.54 Å². The molecule has 0 bridgehead atoms. The van der Waals surface area contributed by atoms with Crippen LogP contribution >= 0.6 is 0 Å². The van der Waals surface area contributed by atoms with Crippen LogP contribution in [0.1, 0.15) is 23.0 Å². The van der Waals surface area contributed by atoms with Crippen LogP contribution in [0.4, 0.5) is 4.39 Å². The highest BCUT2D eigenvalue weighted by Crippen LogP contribution is 2.28. The highest BCUT2D eigenvalue weighted by molar-refractivity contribution is 5.29. The van der Waals surface area contributed by atoms with E-state index < -0.39 is 0 Å². The lowest BCUT2D eigenvalue weighted by Crippen LogP contribution is -2.48. The van der Waals surface area contributed by atoms with E-state index in [9.17, 15) is 4.39 Å². The molecule has 162 valence electrons. The molecule has 4 rings (SSSR count). The van der Waals surface area contributed by atoms with Crippen molar-refractivity contribution in [1.82, 2.24) is 30.0 Å². The number of tetrazole rings is 1. The summed E-state index contributed by atoms with van der Waals surface area (Å²) in [5, 5.41) is 12.6. The van der Waals surface area contributed by atoms with Crippen LogP contribution in [0.15, 0.2) is 61.2 Å². The third kappa shape index (κ3) is 4.98. The summed E-state index contributed by atoms with van der Waals surface area (Å²) in [6.45, 7) is 8.86. The van der Waals surface area contributed by atoms with Crippen molar-refractivity contribution in [1.29, 1.82) is 0 Å². The van der Waals surface area contributed by atoms with E-state index in [1.54, 1.807) is 7.11 Å². The molecule has 7 nitrogen and oxygen atoms in total. The third-order valence-corrected chi connectivity index (χ3v) is 5.64. The third-order valence-electron chi connectivity index (χ3n) is 5.64. The lowest BCUT2D eigenvalue weighted by Gasteiger charge is -2.38. The number of hydrogen-bond donors (Lipinski definition) is 0. The highest BCUT2D eigenvalue weighted by atomic mass is 19.1. The standard InChI is InChI=1S/C23H27FN6O/c1-3-12-28-13-15-29(16-14-28)22(19-6-8-20(24)9-7-19)23-25-26-27-30(23)17-18-4-10-21(31-2)11-5-18/h3-11,22H,1,12-17H2,2H3/t22-/m0/s1. The zero-order valence-corrected chi connectivity index (χ0v) is 17.7. The molecule has 0 saturated carbocycles. The first-order chi connectivity index (χ1) is 15.2. The summed E-state index contributed by atoms with van der Waals surface area (Å²) in [5.41, 5.74) is 2.05. The second kappa shape index (κ2) is 9.80. The van der Waals surface area contributed by atoms with Gasteiger partial charge in [-0.2, -0.15) is 0 Å². The number of piperazine rings is 1. The molecule has 31 heavy (non-hydrogen) atoms. The summed E-state index contributed by atoms with van der Waals surface area (Å²) in [6, 6.07) is 14.3. The molecule has 1 atom stereocenters. The van der Waals surface area contributed by atoms with E-state index in [0.717, 1.165) is 55.4 Å². The van der Waals surface area contributed by atoms with Gasteiger partial charge in [-0.15, -0.1) is 11.7 Å². The number of methoxy groups -OCH3 is 1. The number of nitrogens with zero attached hydrogens (tertiary/aromatic N) is 6. The fourth-order valence-electron chi connectivity index (χ4n) is 3.98. The summed E-state index contributed by atoms with van der Waals surface area (Å²) in [6.07, 6.45) is 1.93. The average molecular weight is 423 g/mol. The van der Waals surface area contributed by atoms with Crippen LogP contribution in [-0.2, 0) is 6.54 Å². The smallest absolute Gasteiger partial charge is 0.173 e. The van der Waals surface area contributed by atoms with Gasteiger partial charge in [-0.05, 0) is 45.8 Å². The number of ether oxygens (including phenoxy) is 1. The number of rotatable bonds is 8.